The van der Waals surface area contributed by atoms with E-state index in [-0.39, 0.29) is 16.5 Å². The van der Waals surface area contributed by atoms with Gasteiger partial charge in [-0.2, -0.15) is 0 Å². The normalized spacial score (nSPS) is 14.6. The molecule has 2 aromatic carbocycles. The summed E-state index contributed by atoms with van der Waals surface area (Å²) in [7, 11) is -3.92. The van der Waals surface area contributed by atoms with Crippen molar-refractivity contribution in [2.75, 3.05) is 17.8 Å². The molecule has 1 aliphatic rings. The van der Waals surface area contributed by atoms with Crippen LogP contribution in [0.4, 0.5) is 10.1 Å². The molecule has 0 aromatic heterocycles. The van der Waals surface area contributed by atoms with E-state index in [0.717, 1.165) is 25.0 Å². The zero-order chi connectivity index (χ0) is 18.0. The molecule has 0 atom stereocenters. The largest absolute Gasteiger partial charge is 0.339 e. The Labute approximate surface area is 146 Å². The highest BCUT2D eigenvalue weighted by Gasteiger charge is 2.25. The second-order valence-corrected chi connectivity index (χ2v) is 7.74. The van der Waals surface area contributed by atoms with E-state index in [2.05, 4.69) is 4.72 Å². The van der Waals surface area contributed by atoms with Crippen LogP contribution in [0.2, 0.25) is 0 Å². The Bertz CT molecular complexity index is 889. The minimum Gasteiger partial charge on any atom is -0.339 e. The number of hydrogen-bond acceptors (Lipinski definition) is 3. The number of nitrogens with zero attached hydrogens (tertiary/aromatic N) is 1. The lowest BCUT2D eigenvalue weighted by molar-refractivity contribution is 0.0794. The molecule has 1 amide bonds. The van der Waals surface area contributed by atoms with Gasteiger partial charge >= 0.3 is 0 Å². The second kappa shape index (κ2) is 6.84. The van der Waals surface area contributed by atoms with Crippen LogP contribution in [-0.4, -0.2) is 32.3 Å². The summed E-state index contributed by atoms with van der Waals surface area (Å²) in [5, 5.41) is 0. The average Bonchev–Trinajstić information content (AvgIpc) is 3.11. The summed E-state index contributed by atoms with van der Waals surface area (Å²) in [5.41, 5.74) is 1.24. The van der Waals surface area contributed by atoms with E-state index in [9.17, 15) is 17.6 Å². The average molecular weight is 362 g/mol. The van der Waals surface area contributed by atoms with Crippen molar-refractivity contribution in [3.05, 3.63) is 59.4 Å². The van der Waals surface area contributed by atoms with E-state index in [0.29, 0.717) is 24.2 Å². The summed E-state index contributed by atoms with van der Waals surface area (Å²) in [4.78, 5) is 14.4. The number of amides is 1. The van der Waals surface area contributed by atoms with Crippen LogP contribution in [-0.2, 0) is 10.0 Å². The first-order valence-electron chi connectivity index (χ1n) is 8.06. The number of nitrogens with one attached hydrogen (secondary N) is 1. The number of aryl methyl sites for hydroxylation is 1. The van der Waals surface area contributed by atoms with Gasteiger partial charge < -0.3 is 4.90 Å². The van der Waals surface area contributed by atoms with Crippen LogP contribution >= 0.6 is 0 Å². The van der Waals surface area contributed by atoms with Crippen molar-refractivity contribution in [1.29, 1.82) is 0 Å². The summed E-state index contributed by atoms with van der Waals surface area (Å²) in [6, 6.07) is 9.65. The van der Waals surface area contributed by atoms with Gasteiger partial charge in [0.25, 0.3) is 15.9 Å². The lowest BCUT2D eigenvalue weighted by atomic mass is 10.1. The quantitative estimate of drug-likeness (QED) is 0.908. The first-order chi connectivity index (χ1) is 11.9. The standard InChI is InChI=1S/C18H19FN2O3S/c1-13-5-4-6-16(18(22)21-11-2-3-12-21)17(13)20-25(23,24)15-9-7-14(19)8-10-15/h4-10,20H,2-3,11-12H2,1H3. The molecule has 1 heterocycles. The first kappa shape index (κ1) is 17.4. The molecule has 132 valence electrons. The first-order valence-corrected chi connectivity index (χ1v) is 9.54. The van der Waals surface area contributed by atoms with Gasteiger partial charge in [-0.15, -0.1) is 0 Å². The number of sulfonamides is 1. The maximum absolute atomic E-state index is 13.0. The molecule has 5 nitrogen and oxygen atoms in total. The molecule has 1 fully saturated rings. The number of carbonyl (C=O) groups is 1. The topological polar surface area (TPSA) is 66.5 Å². The Hall–Kier alpha value is -2.41. The zero-order valence-electron chi connectivity index (χ0n) is 13.8. The van der Waals surface area contributed by atoms with Crippen LogP contribution in [0.15, 0.2) is 47.4 Å². The summed E-state index contributed by atoms with van der Waals surface area (Å²) in [6.07, 6.45) is 1.91. The van der Waals surface area contributed by atoms with Crippen molar-refractivity contribution in [2.24, 2.45) is 0 Å². The summed E-state index contributed by atoms with van der Waals surface area (Å²) in [6.45, 7) is 3.09. The van der Waals surface area contributed by atoms with E-state index in [1.807, 2.05) is 0 Å². The number of likely N-dealkylation sites (tertiary alicyclic amines) is 1. The van der Waals surface area contributed by atoms with Crippen LogP contribution in [0.25, 0.3) is 0 Å². The van der Waals surface area contributed by atoms with Crippen LogP contribution < -0.4 is 4.72 Å². The van der Waals surface area contributed by atoms with Gasteiger partial charge in [0.1, 0.15) is 5.82 Å². The molecule has 2 aromatic rings. The molecule has 7 heteroatoms. The molecule has 0 spiro atoms. The highest BCUT2D eigenvalue weighted by molar-refractivity contribution is 7.92. The van der Waals surface area contributed by atoms with Crippen molar-refractivity contribution in [3.8, 4) is 0 Å². The third-order valence-electron chi connectivity index (χ3n) is 4.26. The number of carbonyl (C=O) groups excluding carboxylic acids is 1. The molecular weight excluding hydrogens is 343 g/mol. The van der Waals surface area contributed by atoms with Crippen molar-refractivity contribution >= 4 is 21.6 Å². The number of para-hydroxylation sites is 1. The highest BCUT2D eigenvalue weighted by atomic mass is 32.2. The van der Waals surface area contributed by atoms with E-state index in [1.54, 1.807) is 30.0 Å². The summed E-state index contributed by atoms with van der Waals surface area (Å²) in [5.74, 6) is -0.697. The van der Waals surface area contributed by atoms with Gasteiger partial charge in [-0.05, 0) is 55.7 Å². The molecule has 1 saturated heterocycles. The van der Waals surface area contributed by atoms with Gasteiger partial charge in [0.2, 0.25) is 0 Å². The van der Waals surface area contributed by atoms with Crippen LogP contribution in [0.3, 0.4) is 0 Å². The molecule has 0 aliphatic carbocycles. The molecule has 0 saturated carbocycles. The van der Waals surface area contributed by atoms with E-state index in [4.69, 9.17) is 0 Å². The molecule has 0 unspecified atom stereocenters. The predicted octanol–water partition coefficient (Wildman–Crippen LogP) is 3.17. The SMILES string of the molecule is Cc1cccc(C(=O)N2CCCC2)c1NS(=O)(=O)c1ccc(F)cc1. The lowest BCUT2D eigenvalue weighted by Gasteiger charge is -2.19. The van der Waals surface area contributed by atoms with Crippen molar-refractivity contribution in [1.82, 2.24) is 4.90 Å². The molecule has 0 bridgehead atoms. The smallest absolute Gasteiger partial charge is 0.261 e. The van der Waals surface area contributed by atoms with E-state index >= 15 is 0 Å². The maximum Gasteiger partial charge on any atom is 0.261 e. The number of halogens is 1. The Kier molecular flexibility index (Phi) is 4.76. The maximum atomic E-state index is 13.0. The third-order valence-corrected chi connectivity index (χ3v) is 5.62. The molecule has 25 heavy (non-hydrogen) atoms. The van der Waals surface area contributed by atoms with Crippen LogP contribution in [0.5, 0.6) is 0 Å². The number of hydrogen-bond donors (Lipinski definition) is 1. The molecule has 3 rings (SSSR count). The van der Waals surface area contributed by atoms with Crippen molar-refractivity contribution < 1.29 is 17.6 Å². The van der Waals surface area contributed by atoms with E-state index in [1.165, 1.54) is 12.1 Å². The van der Waals surface area contributed by atoms with Gasteiger partial charge in [-0.3, -0.25) is 9.52 Å². The number of anilines is 1. The minimum atomic E-state index is -3.92. The third kappa shape index (κ3) is 3.66. The second-order valence-electron chi connectivity index (χ2n) is 6.06. The Morgan fingerprint density at radius 1 is 1.08 bits per heavy atom. The van der Waals surface area contributed by atoms with E-state index < -0.39 is 15.8 Å². The summed E-state index contributed by atoms with van der Waals surface area (Å²) < 4.78 is 40.7. The minimum absolute atomic E-state index is 0.0586. The molecule has 1 aliphatic heterocycles. The zero-order valence-corrected chi connectivity index (χ0v) is 14.6. The molecule has 1 N–H and O–H groups in total. The Morgan fingerprint density at radius 2 is 1.72 bits per heavy atom. The fourth-order valence-electron chi connectivity index (χ4n) is 2.88. The van der Waals surface area contributed by atoms with Gasteiger partial charge in [-0.1, -0.05) is 12.1 Å². The fourth-order valence-corrected chi connectivity index (χ4v) is 4.03. The monoisotopic (exact) mass is 362 g/mol. The van der Waals surface area contributed by atoms with Gasteiger partial charge in [0.15, 0.2) is 0 Å². The van der Waals surface area contributed by atoms with Crippen molar-refractivity contribution in [3.63, 3.8) is 0 Å². The van der Waals surface area contributed by atoms with Gasteiger partial charge in [-0.25, -0.2) is 12.8 Å². The van der Waals surface area contributed by atoms with Gasteiger partial charge in [0, 0.05) is 13.1 Å². The lowest BCUT2D eigenvalue weighted by Crippen LogP contribution is -2.29. The number of rotatable bonds is 4. The highest BCUT2D eigenvalue weighted by Crippen LogP contribution is 2.26. The van der Waals surface area contributed by atoms with Gasteiger partial charge in [0.05, 0.1) is 16.1 Å². The Balaban J connectivity index is 1.96. The molecular formula is C18H19FN2O3S. The summed E-state index contributed by atoms with van der Waals surface area (Å²) >= 11 is 0. The number of benzene rings is 2. The van der Waals surface area contributed by atoms with Crippen LogP contribution in [0, 0.1) is 12.7 Å². The Morgan fingerprint density at radius 3 is 2.36 bits per heavy atom. The van der Waals surface area contributed by atoms with Crippen LogP contribution in [0.1, 0.15) is 28.8 Å². The fraction of sp³-hybridized carbons (Fsp3) is 0.278. The van der Waals surface area contributed by atoms with Crippen molar-refractivity contribution in [2.45, 2.75) is 24.7 Å². The molecule has 0 radical (unpaired) electrons. The predicted molar refractivity (Wildman–Crippen MR) is 93.5 cm³/mol.